The Kier molecular flexibility index (Phi) is 9.43. The minimum Gasteiger partial charge on any atom is -0.192 e. The second-order valence-electron chi connectivity index (χ2n) is 24.9. The van der Waals surface area contributed by atoms with E-state index < -0.39 is 0 Å². The number of nitrogens with zero attached hydrogens (tertiary/aromatic N) is 1. The fourth-order valence-corrected chi connectivity index (χ4v) is 17.5. The molecule has 0 fully saturated rings. The summed E-state index contributed by atoms with van der Waals surface area (Å²) >= 11 is 0. The number of fused-ring (bicyclic) bond motifs is 13. The summed E-state index contributed by atoms with van der Waals surface area (Å²) in [5.41, 5.74) is 20.6. The monoisotopic (exact) mass is 1130 g/mol. The van der Waals surface area contributed by atoms with Gasteiger partial charge in [0, 0.05) is 5.39 Å². The summed E-state index contributed by atoms with van der Waals surface area (Å²) in [5.74, 6) is 0. The minimum absolute atomic E-state index is 0.703. The van der Waals surface area contributed by atoms with Crippen molar-refractivity contribution >= 4 is 129 Å². The molecule has 0 spiro atoms. The van der Waals surface area contributed by atoms with E-state index in [2.05, 4.69) is 285 Å². The van der Waals surface area contributed by atoms with Gasteiger partial charge in [0.15, 0.2) is 0 Å². The third-order valence-electron chi connectivity index (χ3n) is 20.8. The Morgan fingerprint density at radius 1 is 0.156 bits per heavy atom. The Labute approximate surface area is 517 Å². The highest BCUT2D eigenvalue weighted by atomic mass is 14.4. The number of benzene rings is 18. The van der Waals surface area contributed by atoms with Crippen LogP contribution in [0.1, 0.15) is 5.56 Å². The van der Waals surface area contributed by atoms with Crippen LogP contribution in [0.4, 0.5) is 0 Å². The topological polar surface area (TPSA) is 23.8 Å². The molecule has 20 aromatic carbocycles. The summed E-state index contributed by atoms with van der Waals surface area (Å²) < 4.78 is 0. The zero-order valence-electron chi connectivity index (χ0n) is 48.6. The largest absolute Gasteiger partial charge is 0.192 e. The summed E-state index contributed by atoms with van der Waals surface area (Å²) in [6.45, 7) is 0. The third kappa shape index (κ3) is 6.01. The Hall–Kier alpha value is -12.0. The van der Waals surface area contributed by atoms with Gasteiger partial charge in [-0.1, -0.05) is 279 Å². The van der Waals surface area contributed by atoms with Crippen LogP contribution in [0.2, 0.25) is 0 Å². The molecule has 0 saturated carbocycles. The molecule has 0 amide bonds. The summed E-state index contributed by atoms with van der Waals surface area (Å²) in [4.78, 5) is 0. The van der Waals surface area contributed by atoms with Gasteiger partial charge in [0.05, 0.1) is 11.6 Å². The molecular weight excluding hydrogens is 1080 g/mol. The van der Waals surface area contributed by atoms with Gasteiger partial charge in [0.2, 0.25) is 0 Å². The summed E-state index contributed by atoms with van der Waals surface area (Å²) in [6.07, 6.45) is 0. The lowest BCUT2D eigenvalue weighted by Crippen LogP contribution is -1.99. The molecule has 0 unspecified atom stereocenters. The predicted octanol–water partition coefficient (Wildman–Crippen LogP) is 24.8. The van der Waals surface area contributed by atoms with Gasteiger partial charge in [-0.25, -0.2) is 0 Å². The van der Waals surface area contributed by atoms with Crippen LogP contribution in [0.25, 0.3) is 218 Å². The highest BCUT2D eigenvalue weighted by Gasteiger charge is 2.36. The van der Waals surface area contributed by atoms with Crippen molar-refractivity contribution in [2.45, 2.75) is 0 Å². The van der Waals surface area contributed by atoms with Crippen LogP contribution < -0.4 is 0 Å². The average molecular weight is 1130 g/mol. The average Bonchev–Trinajstić information content (AvgIpc) is 1.44. The molecule has 0 bridgehead atoms. The van der Waals surface area contributed by atoms with Crippen LogP contribution in [0.3, 0.4) is 0 Å². The summed E-state index contributed by atoms with van der Waals surface area (Å²) in [6, 6.07) is 109. The maximum Gasteiger partial charge on any atom is 0.0998 e. The van der Waals surface area contributed by atoms with Crippen LogP contribution >= 0.6 is 0 Å². The predicted molar refractivity (Wildman–Crippen MR) is 383 cm³/mol. The molecule has 1 aliphatic rings. The Bertz CT molecular complexity index is 6160. The fraction of sp³-hybridized carbons (Fsp3) is 0. The molecule has 0 atom stereocenters. The van der Waals surface area contributed by atoms with E-state index in [0.29, 0.717) is 5.56 Å². The van der Waals surface area contributed by atoms with Crippen molar-refractivity contribution in [1.29, 1.82) is 5.26 Å². The normalized spacial score (nSPS) is 12.4. The first kappa shape index (κ1) is 48.2. The Morgan fingerprint density at radius 3 is 0.744 bits per heavy atom. The van der Waals surface area contributed by atoms with Crippen LogP contribution in [-0.2, 0) is 0 Å². The molecule has 1 heteroatoms. The second kappa shape index (κ2) is 17.6. The van der Waals surface area contributed by atoms with E-state index in [1.807, 2.05) is 6.07 Å². The minimum atomic E-state index is 0.703. The summed E-state index contributed by atoms with van der Waals surface area (Å²) in [7, 11) is 0. The highest BCUT2D eigenvalue weighted by Crippen LogP contribution is 2.64. The van der Waals surface area contributed by atoms with Crippen molar-refractivity contribution in [3.63, 3.8) is 0 Å². The van der Waals surface area contributed by atoms with Crippen molar-refractivity contribution in [2.75, 3.05) is 0 Å². The SMILES string of the molecule is N#Cc1ccc2c3c(-c4ccccc4)c4c5ccc6c7ccc8c9ccc%10c%11c(ccc(c%12ccc(c%13ccc(c4c(-c4ccccc4)c3c3cccc1c32)c5c%136)c7c%128)c%119)-c1c(-c2ccccc2)c(-c2ccccc2)c(-c2ccccc2)c(-c2ccccc2)c1-%10. The first-order chi connectivity index (χ1) is 44.7. The van der Waals surface area contributed by atoms with Gasteiger partial charge in [-0.3, -0.25) is 0 Å². The molecule has 0 aromatic heterocycles. The molecule has 408 valence electrons. The molecular formula is C89H47N. The highest BCUT2D eigenvalue weighted by molar-refractivity contribution is 6.51. The zero-order valence-corrected chi connectivity index (χ0v) is 48.6. The number of rotatable bonds is 6. The molecule has 0 heterocycles. The molecule has 20 aromatic rings. The fourth-order valence-electron chi connectivity index (χ4n) is 17.5. The molecule has 0 aliphatic heterocycles. The third-order valence-corrected chi connectivity index (χ3v) is 20.8. The standard InChI is InChI=1S/C89H47N/c90-48-55-34-35-66-77-56(55)32-19-33-65(77)84-75(53-28-15-5-16-29-53)88-69-46-42-63-59-38-36-57-61-40-44-67-82-68(87-74(52-26-13-4-14-27-52)72(50-22-9-2-10-23-50)71(49-20-7-1-8-21-49)73(86(67)87)51-24-11-3-12-25-51)45-41-62(80(61)82)58-37-39-60(79(59)78(57)58)64-43-47-70(83(69)81(63)64)89(88)76(85(66)84)54-30-17-6-18-31-54/h1-47H. The van der Waals surface area contributed by atoms with Crippen molar-refractivity contribution in [3.8, 4) is 95.1 Å². The van der Waals surface area contributed by atoms with E-state index in [1.54, 1.807) is 0 Å². The molecule has 21 rings (SSSR count). The first-order valence-electron chi connectivity index (χ1n) is 31.3. The Morgan fingerprint density at radius 2 is 0.400 bits per heavy atom. The lowest BCUT2D eigenvalue weighted by Gasteiger charge is -2.26. The number of nitriles is 1. The van der Waals surface area contributed by atoms with Crippen LogP contribution in [0.15, 0.2) is 285 Å². The van der Waals surface area contributed by atoms with E-state index in [1.165, 1.54) is 208 Å². The smallest absolute Gasteiger partial charge is 0.0998 e. The van der Waals surface area contributed by atoms with Crippen molar-refractivity contribution in [1.82, 2.24) is 0 Å². The molecule has 0 N–H and O–H groups in total. The number of hydrogen-bond donors (Lipinski definition) is 0. The first-order valence-corrected chi connectivity index (χ1v) is 31.3. The zero-order chi connectivity index (χ0) is 58.6. The van der Waals surface area contributed by atoms with Gasteiger partial charge >= 0.3 is 0 Å². The molecule has 0 saturated heterocycles. The maximum absolute atomic E-state index is 10.5. The van der Waals surface area contributed by atoms with E-state index in [0.717, 1.165) is 10.8 Å². The van der Waals surface area contributed by atoms with E-state index in [4.69, 9.17) is 0 Å². The van der Waals surface area contributed by atoms with Gasteiger partial charge in [0.1, 0.15) is 0 Å². The van der Waals surface area contributed by atoms with Crippen LogP contribution in [0, 0.1) is 11.3 Å². The molecule has 1 nitrogen and oxygen atoms in total. The van der Waals surface area contributed by atoms with Crippen molar-refractivity contribution in [3.05, 3.63) is 291 Å². The van der Waals surface area contributed by atoms with E-state index in [-0.39, 0.29) is 0 Å². The Balaban J connectivity index is 0.878. The lowest BCUT2D eigenvalue weighted by molar-refractivity contribution is 1.51. The molecule has 1 aliphatic carbocycles. The van der Waals surface area contributed by atoms with Gasteiger partial charge in [-0.15, -0.1) is 0 Å². The molecule has 0 radical (unpaired) electrons. The molecule has 90 heavy (non-hydrogen) atoms. The van der Waals surface area contributed by atoms with Gasteiger partial charge in [0.25, 0.3) is 0 Å². The van der Waals surface area contributed by atoms with Gasteiger partial charge < -0.3 is 0 Å². The van der Waals surface area contributed by atoms with Gasteiger partial charge in [-0.2, -0.15) is 5.26 Å². The quantitative estimate of drug-likeness (QED) is 0.120. The van der Waals surface area contributed by atoms with Crippen LogP contribution in [0.5, 0.6) is 0 Å². The second-order valence-corrected chi connectivity index (χ2v) is 24.9. The maximum atomic E-state index is 10.5. The summed E-state index contributed by atoms with van der Waals surface area (Å²) in [5, 5.41) is 40.8. The lowest BCUT2D eigenvalue weighted by atomic mass is 9.76. The van der Waals surface area contributed by atoms with Gasteiger partial charge in [-0.05, 0) is 219 Å². The van der Waals surface area contributed by atoms with Crippen molar-refractivity contribution in [2.24, 2.45) is 0 Å². The van der Waals surface area contributed by atoms with Crippen molar-refractivity contribution < 1.29 is 0 Å². The van der Waals surface area contributed by atoms with Crippen LogP contribution in [-0.4, -0.2) is 0 Å². The van der Waals surface area contributed by atoms with E-state index >= 15 is 0 Å². The van der Waals surface area contributed by atoms with E-state index in [9.17, 15) is 5.26 Å². The number of hydrogen-bond acceptors (Lipinski definition) is 1.